The molecular weight excluding hydrogens is 292 g/mol. The Morgan fingerprint density at radius 2 is 1.91 bits per heavy atom. The van der Waals surface area contributed by atoms with E-state index < -0.39 is 9.73 Å². The summed E-state index contributed by atoms with van der Waals surface area (Å²) in [6.07, 6.45) is 0. The van der Waals surface area contributed by atoms with Crippen LogP contribution in [0.1, 0.15) is 57.7 Å². The zero-order chi connectivity index (χ0) is 16.5. The van der Waals surface area contributed by atoms with Crippen LogP contribution < -0.4 is 0 Å². The Labute approximate surface area is 136 Å². The molecule has 4 heteroatoms. The molecule has 0 N–H and O–H groups in total. The Kier molecular flexibility index (Phi) is 5.03. The lowest BCUT2D eigenvalue weighted by Gasteiger charge is -2.46. The zero-order valence-corrected chi connectivity index (χ0v) is 15.6. The Hall–Kier alpha value is -0.870. The highest BCUT2D eigenvalue weighted by molar-refractivity contribution is 7.93. The molecule has 0 spiro atoms. The average molecular weight is 323 g/mol. The van der Waals surface area contributed by atoms with E-state index in [0.717, 1.165) is 6.54 Å². The molecule has 0 bridgehead atoms. The molecular formula is C18H30N2OS. The molecule has 124 valence electrons. The van der Waals surface area contributed by atoms with Gasteiger partial charge < -0.3 is 0 Å². The van der Waals surface area contributed by atoms with E-state index >= 15 is 0 Å². The normalized spacial score (nSPS) is 27.1. The summed E-state index contributed by atoms with van der Waals surface area (Å²) in [7, 11) is -0.369. The SMILES string of the molecule is CN=S1(=O)CCN(C(C)(C)C)C(c2ccccc2C(C)C)C1. The van der Waals surface area contributed by atoms with E-state index in [1.807, 2.05) is 0 Å². The zero-order valence-electron chi connectivity index (χ0n) is 14.8. The highest BCUT2D eigenvalue weighted by Crippen LogP contribution is 2.36. The van der Waals surface area contributed by atoms with Crippen LogP contribution in [-0.4, -0.2) is 39.7 Å². The second-order valence-electron chi connectivity index (χ2n) is 7.49. The van der Waals surface area contributed by atoms with Crippen LogP contribution in [0.3, 0.4) is 0 Å². The van der Waals surface area contributed by atoms with Crippen molar-refractivity contribution in [1.82, 2.24) is 4.90 Å². The van der Waals surface area contributed by atoms with Crippen molar-refractivity contribution in [2.45, 2.75) is 52.1 Å². The highest BCUT2D eigenvalue weighted by Gasteiger charge is 2.37. The average Bonchev–Trinajstić information content (AvgIpc) is 2.46. The Balaban J connectivity index is 2.53. The predicted molar refractivity (Wildman–Crippen MR) is 96.0 cm³/mol. The topological polar surface area (TPSA) is 32.7 Å². The van der Waals surface area contributed by atoms with Gasteiger partial charge in [-0.1, -0.05) is 38.1 Å². The van der Waals surface area contributed by atoms with E-state index in [1.54, 1.807) is 7.05 Å². The van der Waals surface area contributed by atoms with Gasteiger partial charge in [-0.05, 0) is 37.8 Å². The lowest BCUT2D eigenvalue weighted by molar-refractivity contribution is 0.0944. The first-order valence-electron chi connectivity index (χ1n) is 8.14. The highest BCUT2D eigenvalue weighted by atomic mass is 32.2. The van der Waals surface area contributed by atoms with Crippen molar-refractivity contribution in [1.29, 1.82) is 0 Å². The fraction of sp³-hybridized carbons (Fsp3) is 0.667. The molecule has 1 fully saturated rings. The number of rotatable bonds is 2. The minimum atomic E-state index is -2.08. The van der Waals surface area contributed by atoms with Crippen LogP contribution in [-0.2, 0) is 9.73 Å². The molecule has 3 nitrogen and oxygen atoms in total. The maximum absolute atomic E-state index is 12.9. The molecule has 1 heterocycles. The minimum Gasteiger partial charge on any atom is -0.290 e. The quantitative estimate of drug-likeness (QED) is 0.822. The summed E-state index contributed by atoms with van der Waals surface area (Å²) in [6, 6.07) is 8.80. The summed E-state index contributed by atoms with van der Waals surface area (Å²) in [5.41, 5.74) is 2.74. The van der Waals surface area contributed by atoms with Gasteiger partial charge in [0.15, 0.2) is 0 Å². The van der Waals surface area contributed by atoms with Gasteiger partial charge in [0.1, 0.15) is 0 Å². The molecule has 0 amide bonds. The van der Waals surface area contributed by atoms with E-state index in [9.17, 15) is 4.21 Å². The fourth-order valence-electron chi connectivity index (χ4n) is 3.38. The summed E-state index contributed by atoms with van der Waals surface area (Å²) in [4.78, 5) is 2.50. The third kappa shape index (κ3) is 3.54. The van der Waals surface area contributed by atoms with Gasteiger partial charge in [-0.15, -0.1) is 0 Å². The lowest BCUT2D eigenvalue weighted by atomic mass is 9.90. The van der Waals surface area contributed by atoms with Gasteiger partial charge in [0, 0.05) is 40.7 Å². The molecule has 0 aromatic heterocycles. The van der Waals surface area contributed by atoms with Gasteiger partial charge >= 0.3 is 0 Å². The van der Waals surface area contributed by atoms with E-state index in [2.05, 4.69) is 68.1 Å². The van der Waals surface area contributed by atoms with Crippen molar-refractivity contribution < 1.29 is 4.21 Å². The number of hydrogen-bond acceptors (Lipinski definition) is 3. The van der Waals surface area contributed by atoms with Crippen molar-refractivity contribution in [2.24, 2.45) is 4.36 Å². The molecule has 1 aliphatic heterocycles. The first-order valence-corrected chi connectivity index (χ1v) is 9.99. The van der Waals surface area contributed by atoms with E-state index in [4.69, 9.17) is 0 Å². The summed E-state index contributed by atoms with van der Waals surface area (Å²) in [5, 5.41) is 0. The third-order valence-corrected chi connectivity index (χ3v) is 6.94. The second kappa shape index (κ2) is 6.32. The van der Waals surface area contributed by atoms with Gasteiger partial charge in [0.25, 0.3) is 0 Å². The lowest BCUT2D eigenvalue weighted by Crippen LogP contribution is -2.52. The largest absolute Gasteiger partial charge is 0.290 e. The van der Waals surface area contributed by atoms with Crippen molar-refractivity contribution in [3.63, 3.8) is 0 Å². The number of hydrogen-bond donors (Lipinski definition) is 0. The molecule has 2 rings (SSSR count). The van der Waals surface area contributed by atoms with Crippen LogP contribution in [0.4, 0.5) is 0 Å². The maximum Gasteiger partial charge on any atom is 0.0516 e. The standard InChI is InChI=1S/C18H30N2OS/c1-14(2)15-9-7-8-10-16(15)17-13-22(21,19-6)12-11-20(17)18(3,4)5/h7-10,14,17H,11-13H2,1-6H3. The van der Waals surface area contributed by atoms with Crippen molar-refractivity contribution in [3.8, 4) is 0 Å². The Morgan fingerprint density at radius 3 is 2.45 bits per heavy atom. The third-order valence-electron chi connectivity index (χ3n) is 4.62. The molecule has 1 aromatic carbocycles. The van der Waals surface area contributed by atoms with E-state index in [-0.39, 0.29) is 11.6 Å². The molecule has 1 saturated heterocycles. The molecule has 2 unspecified atom stereocenters. The molecule has 0 aliphatic carbocycles. The molecule has 1 aliphatic rings. The number of nitrogens with zero attached hydrogens (tertiary/aromatic N) is 2. The number of benzene rings is 1. The Morgan fingerprint density at radius 1 is 1.27 bits per heavy atom. The molecule has 1 aromatic rings. The van der Waals surface area contributed by atoms with Gasteiger partial charge in [-0.2, -0.15) is 0 Å². The predicted octanol–water partition coefficient (Wildman–Crippen LogP) is 4.06. The van der Waals surface area contributed by atoms with Crippen molar-refractivity contribution in [3.05, 3.63) is 35.4 Å². The summed E-state index contributed by atoms with van der Waals surface area (Å²) in [5.74, 6) is 1.79. The first kappa shape index (κ1) is 17.5. The molecule has 2 atom stereocenters. The Bertz CT molecular complexity index is 637. The first-order chi connectivity index (χ1) is 10.2. The van der Waals surface area contributed by atoms with Crippen LogP contribution in [0.2, 0.25) is 0 Å². The fourth-order valence-corrected chi connectivity index (χ4v) is 5.22. The van der Waals surface area contributed by atoms with Crippen LogP contribution in [0.15, 0.2) is 28.6 Å². The second-order valence-corrected chi connectivity index (χ2v) is 10.1. The molecule has 0 saturated carbocycles. The summed E-state index contributed by atoms with van der Waals surface area (Å²) in [6.45, 7) is 12.0. The van der Waals surface area contributed by atoms with Crippen molar-refractivity contribution in [2.75, 3.05) is 25.1 Å². The van der Waals surface area contributed by atoms with Gasteiger partial charge in [-0.25, -0.2) is 8.57 Å². The van der Waals surface area contributed by atoms with Gasteiger partial charge in [0.2, 0.25) is 0 Å². The summed E-state index contributed by atoms with van der Waals surface area (Å²) >= 11 is 0. The summed E-state index contributed by atoms with van der Waals surface area (Å²) < 4.78 is 17.2. The van der Waals surface area contributed by atoms with Gasteiger partial charge in [-0.3, -0.25) is 4.90 Å². The monoisotopic (exact) mass is 322 g/mol. The van der Waals surface area contributed by atoms with Crippen LogP contribution in [0.5, 0.6) is 0 Å². The minimum absolute atomic E-state index is 0.0588. The van der Waals surface area contributed by atoms with Crippen LogP contribution >= 0.6 is 0 Å². The van der Waals surface area contributed by atoms with Crippen LogP contribution in [0, 0.1) is 0 Å². The van der Waals surface area contributed by atoms with E-state index in [1.165, 1.54) is 11.1 Å². The molecule has 22 heavy (non-hydrogen) atoms. The molecule has 0 radical (unpaired) electrons. The smallest absolute Gasteiger partial charge is 0.0516 e. The maximum atomic E-state index is 12.9. The van der Waals surface area contributed by atoms with E-state index in [0.29, 0.717) is 17.4 Å². The van der Waals surface area contributed by atoms with Crippen LogP contribution in [0.25, 0.3) is 0 Å². The van der Waals surface area contributed by atoms with Gasteiger partial charge in [0.05, 0.1) is 5.75 Å². The van der Waals surface area contributed by atoms with Crippen molar-refractivity contribution >= 4 is 9.73 Å².